The number of fused-ring (bicyclic) bond motifs is 1. The van der Waals surface area contributed by atoms with Gasteiger partial charge in [-0.15, -0.1) is 0 Å². The fourth-order valence-electron chi connectivity index (χ4n) is 2.46. The largest absolute Gasteiger partial charge is 0.382 e. The topological polar surface area (TPSA) is 24.1 Å². The first-order valence-corrected chi connectivity index (χ1v) is 6.30. The van der Waals surface area contributed by atoms with E-state index < -0.39 is 0 Å². The molecule has 0 aliphatic carbocycles. The quantitative estimate of drug-likeness (QED) is 0.759. The average molecular weight is 218 g/mol. The Balaban J connectivity index is 2.11. The van der Waals surface area contributed by atoms with Crippen molar-refractivity contribution in [1.82, 2.24) is 5.32 Å². The van der Waals surface area contributed by atoms with E-state index in [1.165, 1.54) is 23.2 Å². The molecule has 0 saturated heterocycles. The van der Waals surface area contributed by atoms with E-state index in [-0.39, 0.29) is 0 Å². The molecule has 0 aromatic heterocycles. The molecule has 0 fully saturated rings. The summed E-state index contributed by atoms with van der Waals surface area (Å²) < 4.78 is 0. The Morgan fingerprint density at radius 1 is 1.38 bits per heavy atom. The Labute approximate surface area is 98.4 Å². The number of benzene rings is 1. The van der Waals surface area contributed by atoms with Gasteiger partial charge in [-0.2, -0.15) is 0 Å². The lowest BCUT2D eigenvalue weighted by molar-refractivity contribution is 0.553. The summed E-state index contributed by atoms with van der Waals surface area (Å²) in [7, 11) is 0. The van der Waals surface area contributed by atoms with Crippen molar-refractivity contribution in [3.05, 3.63) is 29.3 Å². The van der Waals surface area contributed by atoms with Crippen LogP contribution in [0.1, 0.15) is 37.3 Å². The van der Waals surface area contributed by atoms with E-state index in [4.69, 9.17) is 0 Å². The highest BCUT2D eigenvalue weighted by Gasteiger charge is 2.28. The molecule has 0 spiro atoms. The standard InChI is InChI=1S/C14H22N2/c1-4-7-15-9-13-11(3)16-14-6-5-10(2)8-12(13)14/h5-6,8,11,13,15-16H,4,7,9H2,1-3H3. The predicted octanol–water partition coefficient (Wildman–Crippen LogP) is 2.89. The highest BCUT2D eigenvalue weighted by atomic mass is 15.0. The SMILES string of the molecule is CCCNCC1c2cc(C)ccc2NC1C. The molecule has 0 radical (unpaired) electrons. The summed E-state index contributed by atoms with van der Waals surface area (Å²) in [5, 5.41) is 7.09. The van der Waals surface area contributed by atoms with Crippen molar-refractivity contribution in [3.8, 4) is 0 Å². The number of nitrogens with one attached hydrogen (secondary N) is 2. The third kappa shape index (κ3) is 2.22. The zero-order valence-corrected chi connectivity index (χ0v) is 10.5. The van der Waals surface area contributed by atoms with Crippen molar-refractivity contribution in [2.75, 3.05) is 18.4 Å². The molecule has 1 heterocycles. The van der Waals surface area contributed by atoms with Crippen LogP contribution in [0.4, 0.5) is 5.69 Å². The van der Waals surface area contributed by atoms with Crippen molar-refractivity contribution in [3.63, 3.8) is 0 Å². The van der Waals surface area contributed by atoms with Gasteiger partial charge in [0.1, 0.15) is 0 Å². The van der Waals surface area contributed by atoms with Gasteiger partial charge in [0.05, 0.1) is 0 Å². The fraction of sp³-hybridized carbons (Fsp3) is 0.571. The molecular weight excluding hydrogens is 196 g/mol. The fourth-order valence-corrected chi connectivity index (χ4v) is 2.46. The number of hydrogen-bond acceptors (Lipinski definition) is 2. The molecule has 1 aliphatic rings. The first-order chi connectivity index (χ1) is 7.72. The Morgan fingerprint density at radius 3 is 2.94 bits per heavy atom. The normalized spacial score (nSPS) is 22.9. The molecule has 0 bridgehead atoms. The van der Waals surface area contributed by atoms with Gasteiger partial charge < -0.3 is 10.6 Å². The van der Waals surface area contributed by atoms with Crippen molar-refractivity contribution in [2.45, 2.75) is 39.2 Å². The summed E-state index contributed by atoms with van der Waals surface area (Å²) in [5.74, 6) is 0.612. The third-order valence-corrected chi connectivity index (χ3v) is 3.38. The Bertz CT molecular complexity index is 360. The summed E-state index contributed by atoms with van der Waals surface area (Å²) in [6, 6.07) is 7.26. The van der Waals surface area contributed by atoms with Gasteiger partial charge in [0.15, 0.2) is 0 Å². The Hall–Kier alpha value is -1.02. The first-order valence-electron chi connectivity index (χ1n) is 6.30. The van der Waals surface area contributed by atoms with Gasteiger partial charge in [-0.05, 0) is 38.4 Å². The summed E-state index contributed by atoms with van der Waals surface area (Å²) in [6.45, 7) is 8.84. The van der Waals surface area contributed by atoms with E-state index in [0.717, 1.165) is 13.1 Å². The molecule has 0 saturated carbocycles. The number of rotatable bonds is 4. The van der Waals surface area contributed by atoms with Crippen LogP contribution in [0.5, 0.6) is 0 Å². The molecule has 1 aromatic carbocycles. The van der Waals surface area contributed by atoms with Gasteiger partial charge in [-0.1, -0.05) is 24.6 Å². The zero-order chi connectivity index (χ0) is 11.5. The maximum Gasteiger partial charge on any atom is 0.0379 e. The van der Waals surface area contributed by atoms with E-state index >= 15 is 0 Å². The Morgan fingerprint density at radius 2 is 2.19 bits per heavy atom. The summed E-state index contributed by atoms with van der Waals surface area (Å²) >= 11 is 0. The molecule has 2 atom stereocenters. The second-order valence-corrected chi connectivity index (χ2v) is 4.83. The monoisotopic (exact) mass is 218 g/mol. The second kappa shape index (κ2) is 4.88. The van der Waals surface area contributed by atoms with Gasteiger partial charge in [-0.25, -0.2) is 0 Å². The zero-order valence-electron chi connectivity index (χ0n) is 10.5. The summed E-state index contributed by atoms with van der Waals surface area (Å²) in [4.78, 5) is 0. The Kier molecular flexibility index (Phi) is 3.49. The van der Waals surface area contributed by atoms with E-state index in [9.17, 15) is 0 Å². The smallest absolute Gasteiger partial charge is 0.0379 e. The molecule has 88 valence electrons. The van der Waals surface area contributed by atoms with Crippen molar-refractivity contribution < 1.29 is 0 Å². The maximum atomic E-state index is 3.56. The van der Waals surface area contributed by atoms with Gasteiger partial charge in [-0.3, -0.25) is 0 Å². The molecule has 2 rings (SSSR count). The van der Waals surface area contributed by atoms with Crippen molar-refractivity contribution in [1.29, 1.82) is 0 Å². The molecule has 2 nitrogen and oxygen atoms in total. The molecule has 0 amide bonds. The lowest BCUT2D eigenvalue weighted by atomic mass is 9.95. The predicted molar refractivity (Wildman–Crippen MR) is 70.2 cm³/mol. The van der Waals surface area contributed by atoms with Crippen LogP contribution in [0.3, 0.4) is 0 Å². The number of aryl methyl sites for hydroxylation is 1. The molecule has 1 aromatic rings. The number of hydrogen-bond donors (Lipinski definition) is 2. The van der Waals surface area contributed by atoms with Crippen LogP contribution < -0.4 is 10.6 Å². The van der Waals surface area contributed by atoms with Crippen molar-refractivity contribution in [2.24, 2.45) is 0 Å². The van der Waals surface area contributed by atoms with Gasteiger partial charge in [0.25, 0.3) is 0 Å². The van der Waals surface area contributed by atoms with Crippen LogP contribution in [-0.2, 0) is 0 Å². The van der Waals surface area contributed by atoms with E-state index in [2.05, 4.69) is 49.6 Å². The molecule has 2 unspecified atom stereocenters. The van der Waals surface area contributed by atoms with Crippen LogP contribution in [0.15, 0.2) is 18.2 Å². The molecule has 1 aliphatic heterocycles. The van der Waals surface area contributed by atoms with E-state index in [1.54, 1.807) is 0 Å². The lowest BCUT2D eigenvalue weighted by Crippen LogP contribution is -2.28. The third-order valence-electron chi connectivity index (χ3n) is 3.38. The van der Waals surface area contributed by atoms with Gasteiger partial charge in [0.2, 0.25) is 0 Å². The highest BCUT2D eigenvalue weighted by molar-refractivity contribution is 5.60. The van der Waals surface area contributed by atoms with Crippen LogP contribution in [0, 0.1) is 6.92 Å². The second-order valence-electron chi connectivity index (χ2n) is 4.83. The molecular formula is C14H22N2. The van der Waals surface area contributed by atoms with Crippen LogP contribution in [-0.4, -0.2) is 19.1 Å². The summed E-state index contributed by atoms with van der Waals surface area (Å²) in [5.41, 5.74) is 4.16. The van der Waals surface area contributed by atoms with Crippen LogP contribution in [0.25, 0.3) is 0 Å². The summed E-state index contributed by atoms with van der Waals surface area (Å²) in [6.07, 6.45) is 1.20. The maximum absolute atomic E-state index is 3.56. The van der Waals surface area contributed by atoms with Crippen LogP contribution >= 0.6 is 0 Å². The first kappa shape index (κ1) is 11.5. The lowest BCUT2D eigenvalue weighted by Gasteiger charge is -2.16. The average Bonchev–Trinajstić information content (AvgIpc) is 2.56. The van der Waals surface area contributed by atoms with Crippen molar-refractivity contribution >= 4 is 5.69 Å². The molecule has 2 heteroatoms. The minimum atomic E-state index is 0.543. The van der Waals surface area contributed by atoms with Gasteiger partial charge >= 0.3 is 0 Å². The minimum Gasteiger partial charge on any atom is -0.382 e. The number of anilines is 1. The minimum absolute atomic E-state index is 0.543. The molecule has 2 N–H and O–H groups in total. The highest BCUT2D eigenvalue weighted by Crippen LogP contribution is 2.35. The van der Waals surface area contributed by atoms with E-state index in [1.807, 2.05) is 0 Å². The van der Waals surface area contributed by atoms with Crippen LogP contribution in [0.2, 0.25) is 0 Å². The van der Waals surface area contributed by atoms with E-state index in [0.29, 0.717) is 12.0 Å². The van der Waals surface area contributed by atoms with Gasteiger partial charge in [0, 0.05) is 24.2 Å². The molecule has 16 heavy (non-hydrogen) atoms.